The Morgan fingerprint density at radius 2 is 1.79 bits per heavy atom. The number of nitrogens with zero attached hydrogens (tertiary/aromatic N) is 6. The molecule has 8 nitrogen and oxygen atoms in total. The predicted octanol–water partition coefficient (Wildman–Crippen LogP) is 3.88. The maximum absolute atomic E-state index is 13.6. The molecule has 33 heavy (non-hydrogen) atoms. The van der Waals surface area contributed by atoms with Gasteiger partial charge in [0, 0.05) is 12.1 Å². The van der Waals surface area contributed by atoms with E-state index in [4.69, 9.17) is 4.98 Å². The van der Waals surface area contributed by atoms with Gasteiger partial charge >= 0.3 is 0 Å². The second-order valence-electron chi connectivity index (χ2n) is 7.67. The minimum Gasteiger partial charge on any atom is -0.343 e. The van der Waals surface area contributed by atoms with Crippen molar-refractivity contribution in [1.82, 2.24) is 34.8 Å². The van der Waals surface area contributed by atoms with Crippen LogP contribution in [0.1, 0.15) is 28.9 Å². The summed E-state index contributed by atoms with van der Waals surface area (Å²) in [5.74, 6) is -0.191. The number of carbonyl (C=O) groups is 1. The van der Waals surface area contributed by atoms with Crippen LogP contribution in [0.4, 0.5) is 0 Å². The van der Waals surface area contributed by atoms with Gasteiger partial charge in [0.25, 0.3) is 5.91 Å². The van der Waals surface area contributed by atoms with E-state index in [1.165, 1.54) is 6.33 Å². The Balaban J connectivity index is 1.55. The van der Waals surface area contributed by atoms with Crippen molar-refractivity contribution in [2.24, 2.45) is 0 Å². The quantitative estimate of drug-likeness (QED) is 0.417. The zero-order chi connectivity index (χ0) is 22.6. The van der Waals surface area contributed by atoms with Gasteiger partial charge in [-0.15, -0.1) is 0 Å². The van der Waals surface area contributed by atoms with Crippen LogP contribution in [-0.2, 0) is 13.1 Å². The molecule has 0 saturated carbocycles. The Bertz CT molecular complexity index is 1360. The van der Waals surface area contributed by atoms with E-state index >= 15 is 0 Å². The van der Waals surface area contributed by atoms with Crippen LogP contribution in [0.5, 0.6) is 0 Å². The van der Waals surface area contributed by atoms with Crippen LogP contribution in [-0.4, -0.2) is 35.4 Å². The summed E-state index contributed by atoms with van der Waals surface area (Å²) in [5.41, 5.74) is 3.89. The Hall–Kier alpha value is -4.33. The van der Waals surface area contributed by atoms with Crippen LogP contribution in [0.15, 0.2) is 85.6 Å². The number of pyridine rings is 1. The topological polar surface area (TPSA) is 90.5 Å². The lowest BCUT2D eigenvalue weighted by Crippen LogP contribution is -2.31. The summed E-state index contributed by atoms with van der Waals surface area (Å²) in [6, 6.07) is 21.3. The molecule has 0 radical (unpaired) electrons. The molecule has 2 aromatic carbocycles. The number of aromatic nitrogens is 6. The van der Waals surface area contributed by atoms with E-state index in [2.05, 4.69) is 20.5 Å². The predicted molar refractivity (Wildman–Crippen MR) is 125 cm³/mol. The lowest BCUT2D eigenvalue weighted by molar-refractivity contribution is 0.0933. The van der Waals surface area contributed by atoms with Crippen LogP contribution in [0.2, 0.25) is 0 Å². The van der Waals surface area contributed by atoms with E-state index < -0.39 is 0 Å². The Kier molecular flexibility index (Phi) is 5.63. The summed E-state index contributed by atoms with van der Waals surface area (Å²) in [6.45, 7) is 3.13. The van der Waals surface area contributed by atoms with Crippen molar-refractivity contribution in [3.8, 4) is 11.3 Å². The smallest absolute Gasteiger partial charge is 0.252 e. The molecular formula is C25H23N7O. The van der Waals surface area contributed by atoms with Crippen molar-refractivity contribution in [2.45, 2.75) is 26.1 Å². The highest BCUT2D eigenvalue weighted by atomic mass is 16.1. The summed E-state index contributed by atoms with van der Waals surface area (Å²) >= 11 is 0. The van der Waals surface area contributed by atoms with Gasteiger partial charge in [-0.1, -0.05) is 60.7 Å². The zero-order valence-corrected chi connectivity index (χ0v) is 18.2. The molecule has 0 aliphatic heterocycles. The van der Waals surface area contributed by atoms with Crippen molar-refractivity contribution in [3.05, 3.63) is 96.7 Å². The first kappa shape index (κ1) is 20.6. The largest absolute Gasteiger partial charge is 0.343 e. The Morgan fingerprint density at radius 1 is 1.03 bits per heavy atom. The number of fused-ring (bicyclic) bond motifs is 1. The van der Waals surface area contributed by atoms with Gasteiger partial charge in [0.05, 0.1) is 35.4 Å². The molecule has 1 unspecified atom stereocenters. The lowest BCUT2D eigenvalue weighted by Gasteiger charge is -2.20. The molecule has 0 fully saturated rings. The Morgan fingerprint density at radius 3 is 2.48 bits per heavy atom. The summed E-state index contributed by atoms with van der Waals surface area (Å²) in [7, 11) is 0. The molecule has 5 rings (SSSR count). The van der Waals surface area contributed by atoms with E-state index in [-0.39, 0.29) is 11.9 Å². The van der Waals surface area contributed by atoms with E-state index in [1.807, 2.05) is 78.3 Å². The number of benzene rings is 2. The normalized spacial score (nSPS) is 12.0. The van der Waals surface area contributed by atoms with Crippen molar-refractivity contribution >= 4 is 16.9 Å². The summed E-state index contributed by atoms with van der Waals surface area (Å²) in [6.07, 6.45) is 4.84. The third-order valence-electron chi connectivity index (χ3n) is 5.57. The minimum atomic E-state index is -0.287. The molecule has 1 atom stereocenters. The molecule has 0 aliphatic rings. The maximum Gasteiger partial charge on any atom is 0.252 e. The number of aryl methyl sites for hydroxylation is 1. The van der Waals surface area contributed by atoms with E-state index in [0.29, 0.717) is 24.3 Å². The first-order chi connectivity index (χ1) is 16.2. The summed E-state index contributed by atoms with van der Waals surface area (Å²) in [4.78, 5) is 22.5. The number of hydrogen-bond donors (Lipinski definition) is 1. The number of nitrogens with one attached hydrogen (secondary N) is 1. The van der Waals surface area contributed by atoms with E-state index in [1.54, 1.807) is 17.2 Å². The SMILES string of the molecule is CCn1ncc2c(C(=O)NC(Cn3cncn3)c3ccccc3)cc(-c3ccccc3)nc21. The van der Waals surface area contributed by atoms with Gasteiger partial charge in [-0.25, -0.2) is 14.6 Å². The molecule has 0 bridgehead atoms. The number of hydrogen-bond acceptors (Lipinski definition) is 5. The molecular weight excluding hydrogens is 414 g/mol. The fourth-order valence-electron chi connectivity index (χ4n) is 3.89. The van der Waals surface area contributed by atoms with Crippen LogP contribution in [0, 0.1) is 0 Å². The van der Waals surface area contributed by atoms with Crippen LogP contribution >= 0.6 is 0 Å². The summed E-state index contributed by atoms with van der Waals surface area (Å²) < 4.78 is 3.52. The highest BCUT2D eigenvalue weighted by Gasteiger charge is 2.21. The Labute approximate surface area is 190 Å². The standard InChI is InChI=1S/C25H23N7O/c1-2-32-24-21(14-27-32)20(13-22(29-24)18-9-5-3-6-10-18)25(33)30-23(15-31-17-26-16-28-31)19-11-7-4-8-12-19/h3-14,16-17,23H,2,15H2,1H3,(H,30,33). The first-order valence-electron chi connectivity index (χ1n) is 10.8. The second kappa shape index (κ2) is 9.04. The van der Waals surface area contributed by atoms with Crippen molar-refractivity contribution in [1.29, 1.82) is 0 Å². The first-order valence-corrected chi connectivity index (χ1v) is 10.8. The molecule has 0 spiro atoms. The summed E-state index contributed by atoms with van der Waals surface area (Å²) in [5, 5.41) is 12.6. The minimum absolute atomic E-state index is 0.191. The van der Waals surface area contributed by atoms with Gasteiger partial charge in [0.15, 0.2) is 5.65 Å². The number of rotatable bonds is 7. The third kappa shape index (κ3) is 4.23. The lowest BCUT2D eigenvalue weighted by atomic mass is 10.0. The molecule has 3 aromatic heterocycles. The zero-order valence-electron chi connectivity index (χ0n) is 18.2. The van der Waals surface area contributed by atoms with Gasteiger partial charge < -0.3 is 5.32 Å². The van der Waals surface area contributed by atoms with E-state index in [0.717, 1.165) is 22.2 Å². The maximum atomic E-state index is 13.6. The molecule has 3 heterocycles. The van der Waals surface area contributed by atoms with E-state index in [9.17, 15) is 4.79 Å². The van der Waals surface area contributed by atoms with Crippen molar-refractivity contribution < 1.29 is 4.79 Å². The molecule has 0 saturated heterocycles. The van der Waals surface area contributed by atoms with Gasteiger partial charge in [-0.2, -0.15) is 10.2 Å². The highest BCUT2D eigenvalue weighted by Crippen LogP contribution is 2.26. The molecule has 0 aliphatic carbocycles. The number of amides is 1. The van der Waals surface area contributed by atoms with Gasteiger partial charge in [-0.3, -0.25) is 9.48 Å². The molecule has 1 N–H and O–H groups in total. The van der Waals surface area contributed by atoms with Crippen LogP contribution in [0.25, 0.3) is 22.3 Å². The van der Waals surface area contributed by atoms with Gasteiger partial charge in [0.2, 0.25) is 0 Å². The highest BCUT2D eigenvalue weighted by molar-refractivity contribution is 6.06. The molecule has 1 amide bonds. The molecule has 164 valence electrons. The fourth-order valence-corrected chi connectivity index (χ4v) is 3.89. The average Bonchev–Trinajstić information content (AvgIpc) is 3.53. The van der Waals surface area contributed by atoms with Gasteiger partial charge in [0.1, 0.15) is 12.7 Å². The van der Waals surface area contributed by atoms with Crippen LogP contribution < -0.4 is 5.32 Å². The van der Waals surface area contributed by atoms with Crippen molar-refractivity contribution in [3.63, 3.8) is 0 Å². The third-order valence-corrected chi connectivity index (χ3v) is 5.57. The fraction of sp³-hybridized carbons (Fsp3) is 0.160. The molecule has 5 aromatic rings. The van der Waals surface area contributed by atoms with Crippen LogP contribution in [0.3, 0.4) is 0 Å². The second-order valence-corrected chi connectivity index (χ2v) is 7.67. The monoisotopic (exact) mass is 437 g/mol. The number of carbonyl (C=O) groups excluding carboxylic acids is 1. The average molecular weight is 438 g/mol. The van der Waals surface area contributed by atoms with Crippen molar-refractivity contribution in [2.75, 3.05) is 0 Å². The molecule has 8 heteroatoms. The van der Waals surface area contributed by atoms with Gasteiger partial charge in [-0.05, 0) is 18.6 Å².